The van der Waals surface area contributed by atoms with Crippen molar-refractivity contribution in [3.63, 3.8) is 0 Å². The second kappa shape index (κ2) is 6.65. The van der Waals surface area contributed by atoms with E-state index in [2.05, 4.69) is 46.0 Å². The highest BCUT2D eigenvalue weighted by atomic mass is 127. The zero-order chi connectivity index (χ0) is 14.5. The van der Waals surface area contributed by atoms with Gasteiger partial charge in [0, 0.05) is 15.2 Å². The van der Waals surface area contributed by atoms with Crippen LogP contribution in [0.3, 0.4) is 0 Å². The Morgan fingerprint density at radius 2 is 2.20 bits per heavy atom. The van der Waals surface area contributed by atoms with Gasteiger partial charge in [-0.05, 0) is 47.2 Å². The average molecular weight is 378 g/mol. The number of nitrogens with zero attached hydrogens (tertiary/aromatic N) is 1. The summed E-state index contributed by atoms with van der Waals surface area (Å²) < 4.78 is 1.11. The van der Waals surface area contributed by atoms with Crippen LogP contribution in [0.2, 0.25) is 0 Å². The van der Waals surface area contributed by atoms with Crippen LogP contribution in [0.25, 0.3) is 10.9 Å². The summed E-state index contributed by atoms with van der Waals surface area (Å²) in [5, 5.41) is 3.96. The highest BCUT2D eigenvalue weighted by molar-refractivity contribution is 14.1. The molecule has 0 saturated heterocycles. The van der Waals surface area contributed by atoms with Crippen molar-refractivity contribution in [2.24, 2.45) is 5.92 Å². The first-order valence-corrected chi connectivity index (χ1v) is 7.32. The minimum atomic E-state index is -0.273. The number of aromatic nitrogens is 1. The molecule has 1 aromatic heterocycles. The summed E-state index contributed by atoms with van der Waals surface area (Å²) in [7, 11) is 0. The van der Waals surface area contributed by atoms with Gasteiger partial charge in [0.25, 0.3) is 0 Å². The molecule has 2 aromatic rings. The molecular weight excluding hydrogens is 363 g/mol. The Morgan fingerprint density at radius 3 is 2.90 bits per heavy atom. The molecule has 102 valence electrons. The van der Waals surface area contributed by atoms with Gasteiger partial charge in [-0.25, -0.2) is 0 Å². The van der Waals surface area contributed by atoms with Crippen LogP contribution >= 0.6 is 22.6 Å². The first kappa shape index (κ1) is 14.7. The maximum absolute atomic E-state index is 12.2. The van der Waals surface area contributed by atoms with Crippen molar-refractivity contribution in [1.82, 2.24) is 4.98 Å². The van der Waals surface area contributed by atoms with Crippen molar-refractivity contribution in [3.05, 3.63) is 59.3 Å². The predicted molar refractivity (Wildman–Crippen MR) is 91.6 cm³/mol. The van der Waals surface area contributed by atoms with E-state index < -0.39 is 0 Å². The molecule has 1 heterocycles. The van der Waals surface area contributed by atoms with Crippen LogP contribution in [0.15, 0.2) is 55.8 Å². The van der Waals surface area contributed by atoms with Crippen molar-refractivity contribution < 1.29 is 4.79 Å². The summed E-state index contributed by atoms with van der Waals surface area (Å²) in [6.07, 6.45) is 5.66. The molecule has 0 saturated carbocycles. The fourth-order valence-electron chi connectivity index (χ4n) is 1.95. The van der Waals surface area contributed by atoms with Crippen LogP contribution < -0.4 is 5.32 Å². The van der Waals surface area contributed by atoms with E-state index in [1.165, 1.54) is 0 Å². The van der Waals surface area contributed by atoms with Crippen molar-refractivity contribution in [1.29, 1.82) is 0 Å². The van der Waals surface area contributed by atoms with E-state index in [0.717, 1.165) is 20.2 Å². The molecule has 20 heavy (non-hydrogen) atoms. The Kier molecular flexibility index (Phi) is 4.89. The third kappa shape index (κ3) is 3.07. The predicted octanol–water partition coefficient (Wildman–Crippen LogP) is 4.16. The lowest BCUT2D eigenvalue weighted by atomic mass is 10.0. The van der Waals surface area contributed by atoms with E-state index in [0.29, 0.717) is 6.42 Å². The van der Waals surface area contributed by atoms with Gasteiger partial charge in [0.15, 0.2) is 0 Å². The maximum atomic E-state index is 12.2. The van der Waals surface area contributed by atoms with Gasteiger partial charge in [0.1, 0.15) is 0 Å². The number of pyridine rings is 1. The highest BCUT2D eigenvalue weighted by Gasteiger charge is 2.15. The number of carbonyl (C=O) groups excluding carboxylic acids is 1. The van der Waals surface area contributed by atoms with Gasteiger partial charge >= 0.3 is 0 Å². The molecule has 1 N–H and O–H groups in total. The van der Waals surface area contributed by atoms with Crippen molar-refractivity contribution >= 4 is 45.1 Å². The van der Waals surface area contributed by atoms with Crippen LogP contribution in [0.4, 0.5) is 5.69 Å². The third-order valence-electron chi connectivity index (χ3n) is 3.02. The Bertz CT molecular complexity index is 667. The second-order valence-corrected chi connectivity index (χ2v) is 5.51. The number of fused-ring (bicyclic) bond motifs is 1. The summed E-state index contributed by atoms with van der Waals surface area (Å²) >= 11 is 2.26. The number of benzene rings is 1. The molecule has 0 bridgehead atoms. The Hall–Kier alpha value is -1.69. The molecule has 0 fully saturated rings. The lowest BCUT2D eigenvalue weighted by Gasteiger charge is -2.13. The van der Waals surface area contributed by atoms with E-state index in [9.17, 15) is 4.79 Å². The quantitative estimate of drug-likeness (QED) is 0.627. The summed E-state index contributed by atoms with van der Waals surface area (Å²) in [6.45, 7) is 7.35. The monoisotopic (exact) mass is 378 g/mol. The first-order chi connectivity index (χ1) is 9.67. The van der Waals surface area contributed by atoms with Gasteiger partial charge < -0.3 is 5.32 Å². The van der Waals surface area contributed by atoms with Crippen LogP contribution in [-0.4, -0.2) is 10.9 Å². The third-order valence-corrected chi connectivity index (χ3v) is 3.96. The molecular formula is C16H15IN2O. The number of carbonyl (C=O) groups is 1. The second-order valence-electron chi connectivity index (χ2n) is 4.35. The van der Waals surface area contributed by atoms with E-state index in [1.54, 1.807) is 18.3 Å². The molecule has 0 aliphatic carbocycles. The van der Waals surface area contributed by atoms with Crippen LogP contribution in [0, 0.1) is 9.49 Å². The Balaban J connectivity index is 2.34. The van der Waals surface area contributed by atoms with Crippen molar-refractivity contribution in [2.45, 2.75) is 6.42 Å². The van der Waals surface area contributed by atoms with Crippen LogP contribution in [0.5, 0.6) is 0 Å². The largest absolute Gasteiger partial charge is 0.324 e. The molecule has 0 aliphatic heterocycles. The minimum Gasteiger partial charge on any atom is -0.324 e. The molecule has 3 nitrogen and oxygen atoms in total. The van der Waals surface area contributed by atoms with E-state index >= 15 is 0 Å². The number of amides is 1. The number of anilines is 1. The van der Waals surface area contributed by atoms with Gasteiger partial charge in [-0.15, -0.1) is 13.2 Å². The fourth-order valence-corrected chi connectivity index (χ4v) is 2.57. The van der Waals surface area contributed by atoms with Gasteiger partial charge in [0.05, 0.1) is 17.1 Å². The number of rotatable bonds is 5. The van der Waals surface area contributed by atoms with E-state index in [1.807, 2.05) is 24.3 Å². The fraction of sp³-hybridized carbons (Fsp3) is 0.125. The van der Waals surface area contributed by atoms with Crippen LogP contribution in [-0.2, 0) is 4.79 Å². The average Bonchev–Trinajstić information content (AvgIpc) is 2.48. The number of allylic oxidation sites excluding steroid dienone is 1. The van der Waals surface area contributed by atoms with Crippen molar-refractivity contribution in [3.8, 4) is 0 Å². The van der Waals surface area contributed by atoms with Crippen LogP contribution in [0.1, 0.15) is 6.42 Å². The Labute approximate surface area is 131 Å². The van der Waals surface area contributed by atoms with E-state index in [4.69, 9.17) is 0 Å². The molecule has 1 atom stereocenters. The summed E-state index contributed by atoms with van der Waals surface area (Å²) in [5.41, 5.74) is 1.52. The molecule has 1 aromatic carbocycles. The smallest absolute Gasteiger partial charge is 0.231 e. The topological polar surface area (TPSA) is 42.0 Å². The summed E-state index contributed by atoms with van der Waals surface area (Å²) in [4.78, 5) is 16.6. The number of nitrogens with one attached hydrogen (secondary N) is 1. The number of hydrogen-bond acceptors (Lipinski definition) is 2. The maximum Gasteiger partial charge on any atom is 0.231 e. The van der Waals surface area contributed by atoms with Crippen molar-refractivity contribution in [2.75, 3.05) is 5.32 Å². The molecule has 2 rings (SSSR count). The van der Waals surface area contributed by atoms with Gasteiger partial charge in [-0.3, -0.25) is 9.78 Å². The summed E-state index contributed by atoms with van der Waals surface area (Å²) in [5.74, 6) is -0.362. The first-order valence-electron chi connectivity index (χ1n) is 6.25. The highest BCUT2D eigenvalue weighted by Crippen LogP contribution is 2.26. The number of halogens is 1. The minimum absolute atomic E-state index is 0.0898. The number of hydrogen-bond donors (Lipinski definition) is 1. The van der Waals surface area contributed by atoms with Gasteiger partial charge in [-0.2, -0.15) is 0 Å². The van der Waals surface area contributed by atoms with Gasteiger partial charge in [0.2, 0.25) is 5.91 Å². The molecule has 1 unspecified atom stereocenters. The molecule has 0 radical (unpaired) electrons. The standard InChI is InChI=1S/C16H15IN2O/c1-3-6-11(4-2)16(20)19-14-9-8-13(17)12-7-5-10-18-15(12)14/h3-5,7-11H,1-2,6H2,(H,19,20). The molecule has 4 heteroatoms. The molecule has 0 spiro atoms. The van der Waals surface area contributed by atoms with E-state index in [-0.39, 0.29) is 11.8 Å². The van der Waals surface area contributed by atoms with Gasteiger partial charge in [-0.1, -0.05) is 18.2 Å². The summed E-state index contributed by atoms with van der Waals surface area (Å²) in [6, 6.07) is 7.73. The SMILES string of the molecule is C=CCC(C=C)C(=O)Nc1ccc(I)c2cccnc12. The lowest BCUT2D eigenvalue weighted by molar-refractivity contribution is -0.118. The zero-order valence-electron chi connectivity index (χ0n) is 11.0. The Morgan fingerprint density at radius 1 is 1.40 bits per heavy atom. The normalized spacial score (nSPS) is 11.8. The lowest BCUT2D eigenvalue weighted by Crippen LogP contribution is -2.21. The molecule has 0 aliphatic rings. The zero-order valence-corrected chi connectivity index (χ0v) is 13.1. The molecule has 1 amide bonds.